The molecule has 1 N–H and O–H groups in total. The van der Waals surface area contributed by atoms with Gasteiger partial charge in [-0.1, -0.05) is 31.2 Å². The molecule has 5 heteroatoms. The van der Waals surface area contributed by atoms with E-state index in [1.165, 1.54) is 0 Å². The molecule has 3 aromatic rings. The van der Waals surface area contributed by atoms with Crippen molar-refractivity contribution in [3.05, 3.63) is 76.9 Å². The third-order valence-corrected chi connectivity index (χ3v) is 5.05. The highest BCUT2D eigenvalue weighted by Crippen LogP contribution is 2.42. The number of aromatic nitrogens is 3. The Kier molecular flexibility index (Phi) is 4.75. The van der Waals surface area contributed by atoms with E-state index >= 15 is 0 Å². The Bertz CT molecular complexity index is 958. The number of amides is 1. The lowest BCUT2D eigenvalue weighted by atomic mass is 10.1. The van der Waals surface area contributed by atoms with Gasteiger partial charge in [0.2, 0.25) is 0 Å². The van der Waals surface area contributed by atoms with Crippen molar-refractivity contribution >= 4 is 5.91 Å². The number of carbonyl (C=O) groups excluding carboxylic acids is 1. The molecule has 1 saturated carbocycles. The van der Waals surface area contributed by atoms with E-state index in [4.69, 9.17) is 5.10 Å². The molecule has 1 fully saturated rings. The van der Waals surface area contributed by atoms with Crippen LogP contribution in [-0.2, 0) is 13.0 Å². The zero-order chi connectivity index (χ0) is 18.8. The Balaban J connectivity index is 1.71. The highest BCUT2D eigenvalue weighted by Gasteiger charge is 2.34. The number of aryl methyl sites for hydroxylation is 1. The maximum atomic E-state index is 13.1. The first-order valence-electron chi connectivity index (χ1n) is 9.54. The van der Waals surface area contributed by atoms with Crippen LogP contribution in [0.1, 0.15) is 58.6 Å². The third-order valence-electron chi connectivity index (χ3n) is 5.05. The zero-order valence-corrected chi connectivity index (χ0v) is 15.8. The number of benzene rings is 1. The van der Waals surface area contributed by atoms with Gasteiger partial charge in [-0.15, -0.1) is 0 Å². The number of rotatable bonds is 6. The molecule has 0 radical (unpaired) electrons. The van der Waals surface area contributed by atoms with Crippen molar-refractivity contribution < 1.29 is 4.79 Å². The molecule has 0 aliphatic heterocycles. The summed E-state index contributed by atoms with van der Waals surface area (Å²) in [6.07, 6.45) is 6.48. The molecule has 0 atom stereocenters. The monoisotopic (exact) mass is 360 g/mol. The topological polar surface area (TPSA) is 59.8 Å². The van der Waals surface area contributed by atoms with Gasteiger partial charge in [-0.3, -0.25) is 9.78 Å². The van der Waals surface area contributed by atoms with Crippen LogP contribution in [0, 0.1) is 6.92 Å². The Labute approximate surface area is 159 Å². The lowest BCUT2D eigenvalue weighted by Crippen LogP contribution is -2.24. The first-order valence-corrected chi connectivity index (χ1v) is 9.54. The first-order chi connectivity index (χ1) is 13.2. The van der Waals surface area contributed by atoms with E-state index in [-0.39, 0.29) is 5.91 Å². The lowest BCUT2D eigenvalue weighted by molar-refractivity contribution is 0.0949. The van der Waals surface area contributed by atoms with E-state index in [1.807, 2.05) is 28.9 Å². The average Bonchev–Trinajstić information content (AvgIpc) is 3.47. The Morgan fingerprint density at radius 2 is 2.04 bits per heavy atom. The molecule has 2 heterocycles. The number of carbonyl (C=O) groups is 1. The molecule has 1 aromatic carbocycles. The fourth-order valence-electron chi connectivity index (χ4n) is 3.46. The van der Waals surface area contributed by atoms with E-state index in [0.29, 0.717) is 12.5 Å². The minimum Gasteiger partial charge on any atom is -0.348 e. The van der Waals surface area contributed by atoms with E-state index in [0.717, 1.165) is 53.0 Å². The molecular formula is C22H24N4O. The van der Waals surface area contributed by atoms with Crippen molar-refractivity contribution in [2.75, 3.05) is 0 Å². The summed E-state index contributed by atoms with van der Waals surface area (Å²) >= 11 is 0. The first kappa shape index (κ1) is 17.5. The second kappa shape index (κ2) is 7.35. The SMILES string of the molecule is CCc1c(C(=O)NCc2cccnc2)c(C2CC2)nn1-c1ccccc1C. The van der Waals surface area contributed by atoms with Crippen molar-refractivity contribution in [2.24, 2.45) is 0 Å². The van der Waals surface area contributed by atoms with Crippen molar-refractivity contribution in [1.82, 2.24) is 20.1 Å². The van der Waals surface area contributed by atoms with E-state index in [2.05, 4.69) is 36.3 Å². The van der Waals surface area contributed by atoms with Crippen LogP contribution >= 0.6 is 0 Å². The summed E-state index contributed by atoms with van der Waals surface area (Å²) < 4.78 is 1.97. The van der Waals surface area contributed by atoms with Crippen LogP contribution in [0.25, 0.3) is 5.69 Å². The highest BCUT2D eigenvalue weighted by atomic mass is 16.1. The molecule has 5 nitrogen and oxygen atoms in total. The molecular weight excluding hydrogens is 336 g/mol. The van der Waals surface area contributed by atoms with Crippen LogP contribution in [0.2, 0.25) is 0 Å². The van der Waals surface area contributed by atoms with E-state index < -0.39 is 0 Å². The molecule has 27 heavy (non-hydrogen) atoms. The Morgan fingerprint density at radius 3 is 2.70 bits per heavy atom. The fourth-order valence-corrected chi connectivity index (χ4v) is 3.46. The molecule has 2 aromatic heterocycles. The van der Waals surface area contributed by atoms with Crippen molar-refractivity contribution in [2.45, 2.75) is 45.6 Å². The van der Waals surface area contributed by atoms with Gasteiger partial charge in [-0.05, 0) is 49.4 Å². The van der Waals surface area contributed by atoms with E-state index in [1.54, 1.807) is 12.4 Å². The highest BCUT2D eigenvalue weighted by molar-refractivity contribution is 5.97. The van der Waals surface area contributed by atoms with Gasteiger partial charge in [0.15, 0.2) is 0 Å². The second-order valence-electron chi connectivity index (χ2n) is 7.08. The molecule has 0 unspecified atom stereocenters. The molecule has 138 valence electrons. The number of pyridine rings is 1. The predicted molar refractivity (Wildman–Crippen MR) is 105 cm³/mol. The van der Waals surface area contributed by atoms with Crippen LogP contribution in [-0.4, -0.2) is 20.7 Å². The second-order valence-corrected chi connectivity index (χ2v) is 7.08. The summed E-state index contributed by atoms with van der Waals surface area (Å²) in [5.74, 6) is 0.358. The standard InChI is InChI=1S/C22H24N4O/c1-3-18-20(22(27)24-14-16-8-6-12-23-13-16)21(17-10-11-17)25-26(18)19-9-5-4-7-15(19)2/h4-9,12-13,17H,3,10-11,14H2,1-2H3,(H,24,27). The Morgan fingerprint density at radius 1 is 1.22 bits per heavy atom. The molecule has 1 aliphatic rings. The lowest BCUT2D eigenvalue weighted by Gasteiger charge is -2.10. The summed E-state index contributed by atoms with van der Waals surface area (Å²) in [7, 11) is 0. The van der Waals surface area contributed by atoms with E-state index in [9.17, 15) is 4.79 Å². The number of nitrogens with zero attached hydrogens (tertiary/aromatic N) is 3. The summed E-state index contributed by atoms with van der Waals surface area (Å²) in [6.45, 7) is 4.63. The number of hydrogen-bond donors (Lipinski definition) is 1. The van der Waals surface area contributed by atoms with Crippen molar-refractivity contribution in [1.29, 1.82) is 0 Å². The normalized spacial score (nSPS) is 13.6. The zero-order valence-electron chi connectivity index (χ0n) is 15.8. The number of hydrogen-bond acceptors (Lipinski definition) is 3. The summed E-state index contributed by atoms with van der Waals surface area (Å²) in [5.41, 5.74) is 5.87. The van der Waals surface area contributed by atoms with Crippen molar-refractivity contribution in [3.63, 3.8) is 0 Å². The van der Waals surface area contributed by atoms with Crippen LogP contribution in [0.15, 0.2) is 48.8 Å². The van der Waals surface area contributed by atoms with Gasteiger partial charge in [-0.2, -0.15) is 5.10 Å². The van der Waals surface area contributed by atoms with Gasteiger partial charge in [-0.25, -0.2) is 4.68 Å². The van der Waals surface area contributed by atoms with Gasteiger partial charge < -0.3 is 5.32 Å². The molecule has 4 rings (SSSR count). The van der Waals surface area contributed by atoms with Crippen LogP contribution < -0.4 is 5.32 Å². The van der Waals surface area contributed by atoms with Gasteiger partial charge in [0, 0.05) is 24.9 Å². The quantitative estimate of drug-likeness (QED) is 0.724. The molecule has 1 amide bonds. The summed E-state index contributed by atoms with van der Waals surface area (Å²) in [5, 5.41) is 7.95. The molecule has 0 saturated heterocycles. The van der Waals surface area contributed by atoms with Crippen LogP contribution in [0.3, 0.4) is 0 Å². The number of para-hydroxylation sites is 1. The van der Waals surface area contributed by atoms with Crippen LogP contribution in [0.5, 0.6) is 0 Å². The summed E-state index contributed by atoms with van der Waals surface area (Å²) in [6, 6.07) is 12.0. The number of nitrogens with one attached hydrogen (secondary N) is 1. The van der Waals surface area contributed by atoms with Gasteiger partial charge in [0.05, 0.1) is 22.6 Å². The van der Waals surface area contributed by atoms with Crippen molar-refractivity contribution in [3.8, 4) is 5.69 Å². The molecule has 0 spiro atoms. The molecule has 0 bridgehead atoms. The maximum absolute atomic E-state index is 13.1. The van der Waals surface area contributed by atoms with Gasteiger partial charge in [0.1, 0.15) is 0 Å². The minimum absolute atomic E-state index is 0.0440. The average molecular weight is 360 g/mol. The maximum Gasteiger partial charge on any atom is 0.255 e. The molecule has 1 aliphatic carbocycles. The minimum atomic E-state index is -0.0440. The van der Waals surface area contributed by atoms with Gasteiger partial charge in [0.25, 0.3) is 5.91 Å². The summed E-state index contributed by atoms with van der Waals surface area (Å²) in [4.78, 5) is 17.2. The Hall–Kier alpha value is -2.95. The van der Waals surface area contributed by atoms with Gasteiger partial charge >= 0.3 is 0 Å². The third kappa shape index (κ3) is 3.50. The smallest absolute Gasteiger partial charge is 0.255 e. The van der Waals surface area contributed by atoms with Crippen LogP contribution in [0.4, 0.5) is 0 Å². The fraction of sp³-hybridized carbons (Fsp3) is 0.318. The predicted octanol–water partition coefficient (Wildman–Crippen LogP) is 3.95. The largest absolute Gasteiger partial charge is 0.348 e.